The molecular formula is C21H26ClFN6O3. The maximum absolute atomic E-state index is 14.1. The van der Waals surface area contributed by atoms with Crippen molar-refractivity contribution < 1.29 is 19.4 Å². The summed E-state index contributed by atoms with van der Waals surface area (Å²) in [6, 6.07) is 1.64. The van der Waals surface area contributed by atoms with Crippen molar-refractivity contribution in [2.24, 2.45) is 0 Å². The third kappa shape index (κ3) is 5.32. The van der Waals surface area contributed by atoms with Gasteiger partial charge in [0.05, 0.1) is 64.2 Å². The van der Waals surface area contributed by atoms with E-state index in [0.717, 1.165) is 0 Å². The minimum absolute atomic E-state index is 0.158. The Bertz CT molecular complexity index is 1130. The van der Waals surface area contributed by atoms with Crippen LogP contribution in [0, 0.1) is 0 Å². The lowest BCUT2D eigenvalue weighted by Crippen LogP contribution is -2.42. The SMILES string of the molecule is CC(C)(CO)Nc1cc(-c2cnn3cc(Cl)cnc23)ncc1C(=O)NCC(F)C(C)(C)O. The largest absolute Gasteiger partial charge is 0.394 e. The standard InChI is InChI=1S/C21H26ClFN6O3/c1-20(2,11-30)28-16-5-15(13-8-27-29-10-12(22)6-25-18(13)29)24-7-14(16)19(31)26-9-17(23)21(3,4)32/h5-8,10,17,30,32H,9,11H2,1-4H3,(H,24,28)(H,26,31). The number of hydrogen-bond acceptors (Lipinski definition) is 7. The average Bonchev–Trinajstić information content (AvgIpc) is 3.13. The molecule has 1 atom stereocenters. The second kappa shape index (κ2) is 8.97. The van der Waals surface area contributed by atoms with Crippen LogP contribution in [0.15, 0.2) is 30.9 Å². The summed E-state index contributed by atoms with van der Waals surface area (Å²) in [6.45, 7) is 5.61. The van der Waals surface area contributed by atoms with Gasteiger partial charge in [-0.25, -0.2) is 13.9 Å². The van der Waals surface area contributed by atoms with Gasteiger partial charge in [-0.2, -0.15) is 5.10 Å². The molecule has 0 bridgehead atoms. The predicted molar refractivity (Wildman–Crippen MR) is 120 cm³/mol. The maximum Gasteiger partial charge on any atom is 0.255 e. The van der Waals surface area contributed by atoms with Gasteiger partial charge in [-0.05, 0) is 33.8 Å². The Labute approximate surface area is 189 Å². The molecule has 32 heavy (non-hydrogen) atoms. The lowest BCUT2D eigenvalue weighted by atomic mass is 10.0. The van der Waals surface area contributed by atoms with Gasteiger partial charge >= 0.3 is 0 Å². The number of rotatable bonds is 8. The number of nitrogens with one attached hydrogen (secondary N) is 2. The molecule has 3 aromatic heterocycles. The molecule has 0 fully saturated rings. The Morgan fingerprint density at radius 3 is 2.62 bits per heavy atom. The van der Waals surface area contributed by atoms with E-state index in [2.05, 4.69) is 25.7 Å². The van der Waals surface area contributed by atoms with Crippen molar-refractivity contribution in [3.05, 3.63) is 41.4 Å². The zero-order chi connectivity index (χ0) is 23.7. The molecule has 3 heterocycles. The number of anilines is 1. The number of hydrogen-bond donors (Lipinski definition) is 4. The van der Waals surface area contributed by atoms with Gasteiger partial charge in [0.1, 0.15) is 6.17 Å². The van der Waals surface area contributed by atoms with Crippen LogP contribution < -0.4 is 10.6 Å². The van der Waals surface area contributed by atoms with Crippen LogP contribution in [0.4, 0.5) is 10.1 Å². The molecule has 11 heteroatoms. The van der Waals surface area contributed by atoms with Crippen LogP contribution in [0.1, 0.15) is 38.1 Å². The Hall–Kier alpha value is -2.82. The van der Waals surface area contributed by atoms with Crippen LogP contribution in [-0.2, 0) is 0 Å². The van der Waals surface area contributed by atoms with Gasteiger partial charge in [0.25, 0.3) is 5.91 Å². The quantitative estimate of drug-likeness (QED) is 0.403. The highest BCUT2D eigenvalue weighted by atomic mass is 35.5. The Kier molecular flexibility index (Phi) is 6.68. The number of carbonyl (C=O) groups is 1. The van der Waals surface area contributed by atoms with E-state index in [1.807, 2.05) is 0 Å². The summed E-state index contributed by atoms with van der Waals surface area (Å²) in [4.78, 5) is 21.4. The normalized spacial score (nSPS) is 13.2. The van der Waals surface area contributed by atoms with E-state index in [4.69, 9.17) is 11.6 Å². The molecule has 0 spiro atoms. The van der Waals surface area contributed by atoms with Gasteiger partial charge in [-0.15, -0.1) is 0 Å². The summed E-state index contributed by atoms with van der Waals surface area (Å²) >= 11 is 5.96. The molecule has 3 aromatic rings. The lowest BCUT2D eigenvalue weighted by Gasteiger charge is -2.27. The number of aliphatic hydroxyl groups excluding tert-OH is 1. The molecule has 0 aliphatic carbocycles. The van der Waals surface area contributed by atoms with Crippen LogP contribution >= 0.6 is 11.6 Å². The third-order valence-corrected chi connectivity index (χ3v) is 5.02. The van der Waals surface area contributed by atoms with Crippen LogP contribution in [0.25, 0.3) is 16.9 Å². The molecule has 0 saturated carbocycles. The van der Waals surface area contributed by atoms with E-state index in [1.54, 1.807) is 32.3 Å². The fourth-order valence-corrected chi connectivity index (χ4v) is 2.99. The number of fused-ring (bicyclic) bond motifs is 1. The molecule has 4 N–H and O–H groups in total. The van der Waals surface area contributed by atoms with Gasteiger partial charge in [0.15, 0.2) is 5.65 Å². The van der Waals surface area contributed by atoms with Crippen LogP contribution in [0.3, 0.4) is 0 Å². The van der Waals surface area contributed by atoms with E-state index in [9.17, 15) is 19.4 Å². The number of alkyl halides is 1. The first-order valence-corrected chi connectivity index (χ1v) is 10.3. The first kappa shape index (κ1) is 23.8. The molecule has 1 unspecified atom stereocenters. The summed E-state index contributed by atoms with van der Waals surface area (Å²) < 4.78 is 15.6. The highest BCUT2D eigenvalue weighted by molar-refractivity contribution is 6.30. The van der Waals surface area contributed by atoms with E-state index < -0.39 is 23.2 Å². The van der Waals surface area contributed by atoms with Crippen molar-refractivity contribution in [3.63, 3.8) is 0 Å². The minimum atomic E-state index is -1.65. The van der Waals surface area contributed by atoms with Crippen LogP contribution in [0.2, 0.25) is 5.02 Å². The molecule has 0 saturated heterocycles. The van der Waals surface area contributed by atoms with Gasteiger partial charge in [-0.1, -0.05) is 11.6 Å². The maximum atomic E-state index is 14.1. The average molecular weight is 465 g/mol. The highest BCUT2D eigenvalue weighted by Gasteiger charge is 2.28. The fraction of sp³-hybridized carbons (Fsp3) is 0.429. The van der Waals surface area contributed by atoms with E-state index in [0.29, 0.717) is 27.6 Å². The first-order chi connectivity index (χ1) is 14.9. The monoisotopic (exact) mass is 464 g/mol. The summed E-state index contributed by atoms with van der Waals surface area (Å²) in [5.74, 6) is -0.572. The van der Waals surface area contributed by atoms with Crippen LogP contribution in [-0.4, -0.2) is 66.2 Å². The topological polar surface area (TPSA) is 125 Å². The van der Waals surface area contributed by atoms with Gasteiger partial charge in [0, 0.05) is 12.4 Å². The van der Waals surface area contributed by atoms with Crippen molar-refractivity contribution >= 4 is 28.8 Å². The third-order valence-electron chi connectivity index (χ3n) is 4.83. The summed E-state index contributed by atoms with van der Waals surface area (Å²) in [7, 11) is 0. The lowest BCUT2D eigenvalue weighted by molar-refractivity contribution is -0.00177. The summed E-state index contributed by atoms with van der Waals surface area (Å²) in [5, 5.41) is 29.7. The molecule has 9 nitrogen and oxygen atoms in total. The molecule has 3 rings (SSSR count). The molecule has 1 amide bonds. The number of carbonyl (C=O) groups excluding carboxylic acids is 1. The number of halogens is 2. The Morgan fingerprint density at radius 1 is 1.25 bits per heavy atom. The van der Waals surface area contributed by atoms with Gasteiger partial charge in [0.2, 0.25) is 0 Å². The van der Waals surface area contributed by atoms with Crippen LogP contribution in [0.5, 0.6) is 0 Å². The predicted octanol–water partition coefficient (Wildman–Crippen LogP) is 2.47. The van der Waals surface area contributed by atoms with Crippen molar-refractivity contribution in [1.82, 2.24) is 24.9 Å². The number of pyridine rings is 1. The smallest absolute Gasteiger partial charge is 0.255 e. The van der Waals surface area contributed by atoms with Crippen molar-refractivity contribution in [3.8, 4) is 11.3 Å². The second-order valence-corrected chi connectivity index (χ2v) is 9.15. The zero-order valence-electron chi connectivity index (χ0n) is 18.2. The number of aliphatic hydroxyl groups is 2. The van der Waals surface area contributed by atoms with Crippen molar-refractivity contribution in [1.29, 1.82) is 0 Å². The second-order valence-electron chi connectivity index (χ2n) is 8.71. The van der Waals surface area contributed by atoms with Crippen molar-refractivity contribution in [2.45, 2.75) is 45.0 Å². The number of nitrogens with zero attached hydrogens (tertiary/aromatic N) is 4. The fourth-order valence-electron chi connectivity index (χ4n) is 2.85. The number of aromatic nitrogens is 4. The van der Waals surface area contributed by atoms with E-state index in [1.165, 1.54) is 30.8 Å². The van der Waals surface area contributed by atoms with E-state index >= 15 is 0 Å². The molecule has 0 aromatic carbocycles. The number of amides is 1. The molecule has 0 aliphatic rings. The summed E-state index contributed by atoms with van der Waals surface area (Å²) in [6.07, 6.45) is 4.39. The van der Waals surface area contributed by atoms with Gasteiger partial charge < -0.3 is 20.8 Å². The molecular weight excluding hydrogens is 439 g/mol. The highest BCUT2D eigenvalue weighted by Crippen LogP contribution is 2.28. The first-order valence-electron chi connectivity index (χ1n) is 9.94. The minimum Gasteiger partial charge on any atom is -0.394 e. The van der Waals surface area contributed by atoms with Crippen molar-refractivity contribution in [2.75, 3.05) is 18.5 Å². The van der Waals surface area contributed by atoms with E-state index in [-0.39, 0.29) is 18.7 Å². The Balaban J connectivity index is 1.98. The Morgan fingerprint density at radius 2 is 1.97 bits per heavy atom. The molecule has 0 radical (unpaired) electrons. The molecule has 172 valence electrons. The zero-order valence-corrected chi connectivity index (χ0v) is 19.0. The molecule has 0 aliphatic heterocycles. The summed E-state index contributed by atoms with van der Waals surface area (Å²) in [5.41, 5.74) is -0.168. The van der Waals surface area contributed by atoms with Gasteiger partial charge in [-0.3, -0.25) is 9.78 Å².